The van der Waals surface area contributed by atoms with Gasteiger partial charge in [-0.05, 0) is 72.2 Å². The number of carbonyl (C=O) groups is 2. The lowest BCUT2D eigenvalue weighted by Gasteiger charge is -2.29. The number of halogens is 3. The molecule has 1 saturated carbocycles. The van der Waals surface area contributed by atoms with Gasteiger partial charge in [-0.3, -0.25) is 9.59 Å². The molecule has 7 nitrogen and oxygen atoms in total. The molecule has 1 saturated heterocycles. The standard InChI is InChI=1S/C30H27F3N2O5/c1-17-5-2-8-21(26(17)18-6-3-7-20(13-18)40-30(31,32)33)29(37)35-16-19-14-23(19)24(35)15-34-28(36)22-9-4-10-25-27(22)39-12-11-38-25/h2-10,13,19,23-24H,11-12,14-16H2,1H3,(H,34,36)/t19-,23-,24-/m1/s1. The third kappa shape index (κ3) is 5.05. The summed E-state index contributed by atoms with van der Waals surface area (Å²) in [5, 5.41) is 2.98. The highest BCUT2D eigenvalue weighted by Crippen LogP contribution is 2.50. The average molecular weight is 553 g/mol. The van der Waals surface area contributed by atoms with Crippen molar-refractivity contribution in [2.75, 3.05) is 26.3 Å². The van der Waals surface area contributed by atoms with E-state index >= 15 is 0 Å². The fourth-order valence-corrected chi connectivity index (χ4v) is 5.84. The molecule has 1 aliphatic carbocycles. The van der Waals surface area contributed by atoms with Gasteiger partial charge in [0.1, 0.15) is 19.0 Å². The van der Waals surface area contributed by atoms with Gasteiger partial charge >= 0.3 is 6.36 Å². The number of amides is 2. The molecule has 3 atom stereocenters. The molecule has 10 heteroatoms. The van der Waals surface area contributed by atoms with E-state index in [1.54, 1.807) is 41.3 Å². The van der Waals surface area contributed by atoms with Gasteiger partial charge in [0, 0.05) is 18.7 Å². The van der Waals surface area contributed by atoms with Crippen molar-refractivity contribution in [3.05, 3.63) is 77.4 Å². The van der Waals surface area contributed by atoms with E-state index in [-0.39, 0.29) is 36.1 Å². The average Bonchev–Trinajstić information content (AvgIpc) is 3.61. The quantitative estimate of drug-likeness (QED) is 0.454. The molecule has 0 aromatic heterocycles. The van der Waals surface area contributed by atoms with Crippen LogP contribution in [0, 0.1) is 18.8 Å². The van der Waals surface area contributed by atoms with E-state index in [9.17, 15) is 22.8 Å². The van der Waals surface area contributed by atoms with E-state index in [2.05, 4.69) is 10.1 Å². The third-order valence-corrected chi connectivity index (χ3v) is 7.71. The molecule has 1 N–H and O–H groups in total. The first kappa shape index (κ1) is 26.0. The largest absolute Gasteiger partial charge is 0.573 e. The number of nitrogens with one attached hydrogen (secondary N) is 1. The zero-order valence-electron chi connectivity index (χ0n) is 21.7. The molecule has 3 aliphatic rings. The SMILES string of the molecule is Cc1cccc(C(=O)N2C[C@H]3C[C@H]3[C@H]2CNC(=O)c2cccc3c2OCCO3)c1-c1cccc(OC(F)(F)F)c1. The summed E-state index contributed by atoms with van der Waals surface area (Å²) in [4.78, 5) is 28.9. The van der Waals surface area contributed by atoms with Gasteiger partial charge in [0.25, 0.3) is 11.8 Å². The number of hydrogen-bond acceptors (Lipinski definition) is 5. The number of likely N-dealkylation sites (tertiary alicyclic amines) is 1. The Morgan fingerprint density at radius 2 is 1.77 bits per heavy atom. The molecule has 40 heavy (non-hydrogen) atoms. The highest BCUT2D eigenvalue weighted by atomic mass is 19.4. The number of piperidine rings is 1. The summed E-state index contributed by atoms with van der Waals surface area (Å²) in [6, 6.07) is 15.9. The Morgan fingerprint density at radius 3 is 2.60 bits per heavy atom. The van der Waals surface area contributed by atoms with Crippen molar-refractivity contribution in [2.24, 2.45) is 11.8 Å². The first-order valence-corrected chi connectivity index (χ1v) is 13.1. The van der Waals surface area contributed by atoms with Gasteiger partial charge in [-0.2, -0.15) is 0 Å². The van der Waals surface area contributed by atoms with Crippen molar-refractivity contribution >= 4 is 11.8 Å². The Kier molecular flexibility index (Phi) is 6.56. The molecule has 3 aromatic carbocycles. The minimum atomic E-state index is -4.82. The molecule has 208 valence electrons. The molecule has 0 unspecified atom stereocenters. The summed E-state index contributed by atoms with van der Waals surface area (Å²) < 4.78 is 53.9. The molecule has 2 heterocycles. The maximum atomic E-state index is 14.0. The number of rotatable bonds is 6. The molecule has 2 amide bonds. The smallest absolute Gasteiger partial charge is 0.486 e. The van der Waals surface area contributed by atoms with Crippen LogP contribution < -0.4 is 19.5 Å². The zero-order chi connectivity index (χ0) is 28.0. The Balaban J connectivity index is 1.23. The Labute approximate surface area is 228 Å². The summed E-state index contributed by atoms with van der Waals surface area (Å²) in [6.45, 7) is 3.42. The van der Waals surface area contributed by atoms with Crippen LogP contribution in [0.25, 0.3) is 11.1 Å². The van der Waals surface area contributed by atoms with Crippen LogP contribution in [-0.4, -0.2) is 55.4 Å². The van der Waals surface area contributed by atoms with Crippen molar-refractivity contribution in [1.82, 2.24) is 10.2 Å². The maximum Gasteiger partial charge on any atom is 0.573 e. The highest BCUT2D eigenvalue weighted by Gasteiger charge is 2.54. The van der Waals surface area contributed by atoms with Gasteiger partial charge in [-0.15, -0.1) is 13.2 Å². The first-order valence-electron chi connectivity index (χ1n) is 13.1. The van der Waals surface area contributed by atoms with Gasteiger partial charge in [0.2, 0.25) is 0 Å². The second-order valence-corrected chi connectivity index (χ2v) is 10.3. The Morgan fingerprint density at radius 1 is 1.02 bits per heavy atom. The van der Waals surface area contributed by atoms with Crippen LogP contribution >= 0.6 is 0 Å². The molecule has 0 spiro atoms. The van der Waals surface area contributed by atoms with Crippen LogP contribution in [0.1, 0.15) is 32.7 Å². The van der Waals surface area contributed by atoms with E-state index < -0.39 is 6.36 Å². The van der Waals surface area contributed by atoms with Crippen LogP contribution in [0.3, 0.4) is 0 Å². The van der Waals surface area contributed by atoms with E-state index in [1.807, 2.05) is 13.0 Å². The molecule has 2 aliphatic heterocycles. The molecule has 0 radical (unpaired) electrons. The molecule has 2 fully saturated rings. The molecular weight excluding hydrogens is 525 g/mol. The summed E-state index contributed by atoms with van der Waals surface area (Å²) in [5.74, 6) is 0.700. The summed E-state index contributed by atoms with van der Waals surface area (Å²) in [5.41, 5.74) is 2.53. The second kappa shape index (κ2) is 10.1. The highest BCUT2D eigenvalue weighted by molar-refractivity contribution is 6.02. The number of carbonyl (C=O) groups excluding carboxylic acids is 2. The van der Waals surface area contributed by atoms with Crippen molar-refractivity contribution in [3.8, 4) is 28.4 Å². The topological polar surface area (TPSA) is 77.1 Å². The van der Waals surface area contributed by atoms with Crippen molar-refractivity contribution in [3.63, 3.8) is 0 Å². The fraction of sp³-hybridized carbons (Fsp3) is 0.333. The zero-order valence-corrected chi connectivity index (χ0v) is 21.7. The number of para-hydroxylation sites is 1. The third-order valence-electron chi connectivity index (χ3n) is 7.71. The number of nitrogens with zero attached hydrogens (tertiary/aromatic N) is 1. The number of fused-ring (bicyclic) bond motifs is 2. The van der Waals surface area contributed by atoms with Gasteiger partial charge in [0.15, 0.2) is 11.5 Å². The van der Waals surface area contributed by atoms with E-state index in [4.69, 9.17) is 9.47 Å². The number of ether oxygens (including phenoxy) is 3. The summed E-state index contributed by atoms with van der Waals surface area (Å²) in [7, 11) is 0. The van der Waals surface area contributed by atoms with Crippen LogP contribution in [0.2, 0.25) is 0 Å². The second-order valence-electron chi connectivity index (χ2n) is 10.3. The minimum absolute atomic E-state index is 0.202. The predicted molar refractivity (Wildman–Crippen MR) is 139 cm³/mol. The van der Waals surface area contributed by atoms with Gasteiger partial charge in [0.05, 0.1) is 11.6 Å². The predicted octanol–water partition coefficient (Wildman–Crippen LogP) is 5.22. The monoisotopic (exact) mass is 552 g/mol. The number of aryl methyl sites for hydroxylation is 1. The van der Waals surface area contributed by atoms with Crippen LogP contribution in [0.15, 0.2) is 60.7 Å². The Bertz CT molecular complexity index is 1470. The molecule has 6 rings (SSSR count). The fourth-order valence-electron chi connectivity index (χ4n) is 5.84. The molecule has 0 bridgehead atoms. The number of hydrogen-bond donors (Lipinski definition) is 1. The van der Waals surface area contributed by atoms with Gasteiger partial charge in [-0.25, -0.2) is 0 Å². The van der Waals surface area contributed by atoms with Crippen LogP contribution in [-0.2, 0) is 0 Å². The normalized spacial score (nSPS) is 21.0. The lowest BCUT2D eigenvalue weighted by Crippen LogP contribution is -2.45. The van der Waals surface area contributed by atoms with E-state index in [0.717, 1.165) is 12.0 Å². The van der Waals surface area contributed by atoms with Crippen molar-refractivity contribution in [1.29, 1.82) is 0 Å². The Hall–Kier alpha value is -4.21. The first-order chi connectivity index (χ1) is 19.2. The minimum Gasteiger partial charge on any atom is -0.486 e. The van der Waals surface area contributed by atoms with Crippen LogP contribution in [0.5, 0.6) is 17.2 Å². The van der Waals surface area contributed by atoms with Gasteiger partial charge < -0.3 is 24.4 Å². The van der Waals surface area contributed by atoms with Gasteiger partial charge in [-0.1, -0.05) is 30.3 Å². The lowest BCUT2D eigenvalue weighted by atomic mass is 9.93. The summed E-state index contributed by atoms with van der Waals surface area (Å²) >= 11 is 0. The lowest BCUT2D eigenvalue weighted by molar-refractivity contribution is -0.274. The van der Waals surface area contributed by atoms with Crippen molar-refractivity contribution in [2.45, 2.75) is 25.7 Å². The van der Waals surface area contributed by atoms with Crippen LogP contribution in [0.4, 0.5) is 13.2 Å². The summed E-state index contributed by atoms with van der Waals surface area (Å²) in [6.07, 6.45) is -3.84. The van der Waals surface area contributed by atoms with E-state index in [1.165, 1.54) is 18.2 Å². The molecule has 3 aromatic rings. The number of alkyl halides is 3. The van der Waals surface area contributed by atoms with E-state index in [0.29, 0.717) is 59.4 Å². The molecular formula is C30H27F3N2O5. The van der Waals surface area contributed by atoms with Crippen molar-refractivity contribution < 1.29 is 37.0 Å². The maximum absolute atomic E-state index is 14.0. The number of benzene rings is 3.